The first-order valence-corrected chi connectivity index (χ1v) is 7.49. The van der Waals surface area contributed by atoms with Crippen LogP contribution in [-0.2, 0) is 16.0 Å². The van der Waals surface area contributed by atoms with Crippen LogP contribution in [-0.4, -0.2) is 36.3 Å². The molecule has 0 aromatic carbocycles. The maximum atomic E-state index is 12.0. The van der Waals surface area contributed by atoms with E-state index in [9.17, 15) is 14.4 Å². The smallest absolute Gasteiger partial charge is 0.339 e. The maximum absolute atomic E-state index is 12.0. The first kappa shape index (κ1) is 17.9. The van der Waals surface area contributed by atoms with Crippen molar-refractivity contribution in [1.29, 1.82) is 0 Å². The number of carbonyl (C=O) groups excluding carboxylic acids is 3. The number of aromatic nitrogens is 1. The SMILES string of the molecule is CCCCCNC(=O)Cc1[nH]c(C(C)=O)c(C)c1C(=O)OC. The maximum Gasteiger partial charge on any atom is 0.339 e. The summed E-state index contributed by atoms with van der Waals surface area (Å²) in [5.74, 6) is -0.912. The molecule has 0 fully saturated rings. The summed E-state index contributed by atoms with van der Waals surface area (Å²) in [7, 11) is 1.27. The molecule has 0 unspecified atom stereocenters. The van der Waals surface area contributed by atoms with Crippen LogP contribution < -0.4 is 5.32 Å². The van der Waals surface area contributed by atoms with Crippen molar-refractivity contribution in [2.45, 2.75) is 46.5 Å². The third-order valence-electron chi connectivity index (χ3n) is 3.51. The van der Waals surface area contributed by atoms with E-state index in [1.54, 1.807) is 6.92 Å². The van der Waals surface area contributed by atoms with E-state index in [1.807, 2.05) is 0 Å². The van der Waals surface area contributed by atoms with E-state index in [4.69, 9.17) is 4.74 Å². The third-order valence-corrected chi connectivity index (χ3v) is 3.51. The molecule has 0 saturated heterocycles. The molecule has 1 amide bonds. The summed E-state index contributed by atoms with van der Waals surface area (Å²) < 4.78 is 4.74. The van der Waals surface area contributed by atoms with Crippen LogP contribution in [0.3, 0.4) is 0 Å². The number of methoxy groups -OCH3 is 1. The lowest BCUT2D eigenvalue weighted by atomic mass is 10.1. The van der Waals surface area contributed by atoms with Crippen LogP contribution in [0.5, 0.6) is 0 Å². The number of ether oxygens (including phenoxy) is 1. The van der Waals surface area contributed by atoms with E-state index < -0.39 is 5.97 Å². The predicted octanol–water partition coefficient (Wildman–Crippen LogP) is 2.16. The van der Waals surface area contributed by atoms with Crippen molar-refractivity contribution in [3.63, 3.8) is 0 Å². The van der Waals surface area contributed by atoms with Gasteiger partial charge < -0.3 is 15.0 Å². The van der Waals surface area contributed by atoms with Gasteiger partial charge in [0.05, 0.1) is 24.8 Å². The Morgan fingerprint density at radius 3 is 2.45 bits per heavy atom. The zero-order valence-corrected chi connectivity index (χ0v) is 13.7. The Labute approximate surface area is 130 Å². The molecule has 122 valence electrons. The van der Waals surface area contributed by atoms with E-state index in [2.05, 4.69) is 17.2 Å². The first-order chi connectivity index (χ1) is 10.4. The number of H-pyrrole nitrogens is 1. The minimum atomic E-state index is -0.546. The molecule has 1 rings (SSSR count). The fraction of sp³-hybridized carbons (Fsp3) is 0.562. The molecule has 0 saturated carbocycles. The lowest BCUT2D eigenvalue weighted by molar-refractivity contribution is -0.120. The summed E-state index contributed by atoms with van der Waals surface area (Å²) in [6.07, 6.45) is 3.09. The standard InChI is InChI=1S/C16H24N2O4/c1-5-6-7-8-17-13(20)9-12-14(16(21)22-4)10(2)15(18-12)11(3)19/h18H,5-9H2,1-4H3,(H,17,20). The Bertz CT molecular complexity index is 561. The van der Waals surface area contributed by atoms with Gasteiger partial charge in [0.25, 0.3) is 0 Å². The number of unbranched alkanes of at least 4 members (excludes halogenated alkanes) is 2. The van der Waals surface area contributed by atoms with Crippen molar-refractivity contribution in [3.8, 4) is 0 Å². The number of hydrogen-bond acceptors (Lipinski definition) is 4. The number of ketones is 1. The van der Waals surface area contributed by atoms with Gasteiger partial charge in [-0.2, -0.15) is 0 Å². The summed E-state index contributed by atoms with van der Waals surface area (Å²) in [4.78, 5) is 38.3. The molecule has 6 heteroatoms. The summed E-state index contributed by atoms with van der Waals surface area (Å²) >= 11 is 0. The molecule has 1 heterocycles. The van der Waals surface area contributed by atoms with E-state index in [0.29, 0.717) is 23.5 Å². The molecular formula is C16H24N2O4. The Morgan fingerprint density at radius 2 is 1.91 bits per heavy atom. The minimum absolute atomic E-state index is 0.0185. The van der Waals surface area contributed by atoms with Gasteiger partial charge in [-0.15, -0.1) is 0 Å². The van der Waals surface area contributed by atoms with Gasteiger partial charge in [-0.05, 0) is 18.9 Å². The van der Waals surface area contributed by atoms with Gasteiger partial charge in [-0.25, -0.2) is 4.79 Å². The molecule has 1 aromatic rings. The molecule has 0 bridgehead atoms. The van der Waals surface area contributed by atoms with Gasteiger partial charge in [0.2, 0.25) is 5.91 Å². The predicted molar refractivity (Wildman–Crippen MR) is 83.1 cm³/mol. The number of aromatic amines is 1. The summed E-state index contributed by atoms with van der Waals surface area (Å²) in [5, 5.41) is 2.81. The fourth-order valence-corrected chi connectivity index (χ4v) is 2.35. The number of amides is 1. The first-order valence-electron chi connectivity index (χ1n) is 7.49. The second-order valence-electron chi connectivity index (χ2n) is 5.26. The summed E-state index contributed by atoms with van der Waals surface area (Å²) in [5.41, 5.74) is 1.56. The lowest BCUT2D eigenvalue weighted by Gasteiger charge is -2.06. The van der Waals surface area contributed by atoms with E-state index >= 15 is 0 Å². The van der Waals surface area contributed by atoms with Crippen molar-refractivity contribution in [2.24, 2.45) is 0 Å². The Morgan fingerprint density at radius 1 is 1.23 bits per heavy atom. The quantitative estimate of drug-likeness (QED) is 0.437. The largest absolute Gasteiger partial charge is 0.465 e. The number of Topliss-reactive ketones (excluding diaryl/α,β-unsaturated/α-hetero) is 1. The van der Waals surface area contributed by atoms with Crippen molar-refractivity contribution in [2.75, 3.05) is 13.7 Å². The average Bonchev–Trinajstić information content (AvgIpc) is 2.79. The van der Waals surface area contributed by atoms with E-state index in [-0.39, 0.29) is 23.7 Å². The highest BCUT2D eigenvalue weighted by Crippen LogP contribution is 2.20. The molecule has 0 spiro atoms. The normalized spacial score (nSPS) is 10.4. The highest BCUT2D eigenvalue weighted by Gasteiger charge is 2.24. The lowest BCUT2D eigenvalue weighted by Crippen LogP contribution is -2.27. The topological polar surface area (TPSA) is 88.3 Å². The molecule has 22 heavy (non-hydrogen) atoms. The van der Waals surface area contributed by atoms with Crippen LogP contribution in [0.15, 0.2) is 0 Å². The Hall–Kier alpha value is -2.11. The van der Waals surface area contributed by atoms with Crippen molar-refractivity contribution in [3.05, 3.63) is 22.5 Å². The van der Waals surface area contributed by atoms with Gasteiger partial charge in [0.15, 0.2) is 5.78 Å². The van der Waals surface area contributed by atoms with Crippen LogP contribution in [0.2, 0.25) is 0 Å². The summed E-state index contributed by atoms with van der Waals surface area (Å²) in [6.45, 7) is 5.78. The van der Waals surface area contributed by atoms with Crippen molar-refractivity contribution in [1.82, 2.24) is 10.3 Å². The fourth-order valence-electron chi connectivity index (χ4n) is 2.35. The number of esters is 1. The van der Waals surface area contributed by atoms with Gasteiger partial charge in [-0.1, -0.05) is 19.8 Å². The van der Waals surface area contributed by atoms with Crippen LogP contribution in [0.25, 0.3) is 0 Å². The number of rotatable bonds is 8. The third kappa shape index (κ3) is 4.44. The molecule has 0 aliphatic rings. The van der Waals surface area contributed by atoms with Gasteiger partial charge in [0.1, 0.15) is 0 Å². The second kappa shape index (κ2) is 8.36. The van der Waals surface area contributed by atoms with E-state index in [1.165, 1.54) is 14.0 Å². The molecule has 1 aromatic heterocycles. The summed E-state index contributed by atoms with van der Waals surface area (Å²) in [6, 6.07) is 0. The number of hydrogen-bond donors (Lipinski definition) is 2. The van der Waals surface area contributed by atoms with Crippen LogP contribution in [0, 0.1) is 6.92 Å². The number of carbonyl (C=O) groups is 3. The van der Waals surface area contributed by atoms with Crippen molar-refractivity contribution < 1.29 is 19.1 Å². The van der Waals surface area contributed by atoms with Crippen LogP contribution in [0.1, 0.15) is 65.2 Å². The number of nitrogens with one attached hydrogen (secondary N) is 2. The second-order valence-corrected chi connectivity index (χ2v) is 5.26. The van der Waals surface area contributed by atoms with Gasteiger partial charge >= 0.3 is 5.97 Å². The zero-order valence-electron chi connectivity index (χ0n) is 13.7. The molecule has 0 radical (unpaired) electrons. The van der Waals surface area contributed by atoms with Crippen LogP contribution in [0.4, 0.5) is 0 Å². The monoisotopic (exact) mass is 308 g/mol. The van der Waals surface area contributed by atoms with Crippen molar-refractivity contribution >= 4 is 17.7 Å². The Kier molecular flexibility index (Phi) is 6.82. The Balaban J connectivity index is 2.89. The van der Waals surface area contributed by atoms with Crippen LogP contribution >= 0.6 is 0 Å². The molecule has 6 nitrogen and oxygen atoms in total. The minimum Gasteiger partial charge on any atom is -0.465 e. The molecule has 0 aliphatic carbocycles. The average molecular weight is 308 g/mol. The highest BCUT2D eigenvalue weighted by molar-refractivity contribution is 6.01. The highest BCUT2D eigenvalue weighted by atomic mass is 16.5. The molecule has 0 atom stereocenters. The zero-order chi connectivity index (χ0) is 16.7. The molecule has 0 aliphatic heterocycles. The molecule has 2 N–H and O–H groups in total. The molecular weight excluding hydrogens is 284 g/mol. The van der Waals surface area contributed by atoms with Gasteiger partial charge in [-0.3, -0.25) is 9.59 Å². The van der Waals surface area contributed by atoms with E-state index in [0.717, 1.165) is 19.3 Å². The van der Waals surface area contributed by atoms with Gasteiger partial charge in [0, 0.05) is 19.2 Å².